The van der Waals surface area contributed by atoms with Crippen LogP contribution in [0.5, 0.6) is 0 Å². The summed E-state index contributed by atoms with van der Waals surface area (Å²) < 4.78 is 24.0. The van der Waals surface area contributed by atoms with E-state index in [0.717, 1.165) is 5.69 Å². The van der Waals surface area contributed by atoms with Gasteiger partial charge in [-0.15, -0.1) is 0 Å². The lowest BCUT2D eigenvalue weighted by molar-refractivity contribution is 0.590. The number of hydrogen-bond donors (Lipinski definition) is 1. The van der Waals surface area contributed by atoms with Gasteiger partial charge >= 0.3 is 0 Å². The zero-order chi connectivity index (χ0) is 18.9. The second kappa shape index (κ2) is 6.68. The molecule has 1 N–H and O–H groups in total. The minimum atomic E-state index is -3.24. The monoisotopic (exact) mass is 369 g/mol. The zero-order valence-electron chi connectivity index (χ0n) is 15.4. The van der Waals surface area contributed by atoms with E-state index in [2.05, 4.69) is 48.2 Å². The number of sulfone groups is 1. The molecule has 0 fully saturated rings. The van der Waals surface area contributed by atoms with Crippen LogP contribution < -0.4 is 5.32 Å². The third-order valence-electron chi connectivity index (χ3n) is 4.30. The molecule has 0 atom stereocenters. The molecular formula is C20H23N3O2S. The molecule has 0 unspecified atom stereocenters. The van der Waals surface area contributed by atoms with Crippen molar-refractivity contribution < 1.29 is 8.42 Å². The van der Waals surface area contributed by atoms with Gasteiger partial charge in [0.1, 0.15) is 0 Å². The Morgan fingerprint density at radius 1 is 1.04 bits per heavy atom. The molecular weight excluding hydrogens is 346 g/mol. The fourth-order valence-corrected chi connectivity index (χ4v) is 3.53. The molecule has 1 heterocycles. The highest BCUT2D eigenvalue weighted by Crippen LogP contribution is 2.25. The molecule has 2 aromatic carbocycles. The van der Waals surface area contributed by atoms with Gasteiger partial charge in [0, 0.05) is 17.3 Å². The van der Waals surface area contributed by atoms with Gasteiger partial charge in [-0.2, -0.15) is 0 Å². The Bertz CT molecular complexity index is 1040. The maximum atomic E-state index is 12.0. The van der Waals surface area contributed by atoms with Crippen molar-refractivity contribution in [1.29, 1.82) is 0 Å². The SMILES string of the molecule is CCS(=O)(=O)c1ccc2nc(Nc3ccc(C(C)(C)C)cc3)ncc2c1. The zero-order valence-corrected chi connectivity index (χ0v) is 16.3. The normalized spacial score (nSPS) is 12.3. The Hall–Kier alpha value is -2.47. The summed E-state index contributed by atoms with van der Waals surface area (Å²) in [5, 5.41) is 3.89. The minimum absolute atomic E-state index is 0.0730. The number of rotatable bonds is 4. The summed E-state index contributed by atoms with van der Waals surface area (Å²) in [6.45, 7) is 8.16. The van der Waals surface area contributed by atoms with E-state index in [-0.39, 0.29) is 11.2 Å². The standard InChI is InChI=1S/C20H23N3O2S/c1-5-26(24,25)17-10-11-18-14(12-17)13-21-19(23-18)22-16-8-6-15(7-9-16)20(2,3)4/h6-13H,5H2,1-4H3,(H,21,22,23). The van der Waals surface area contributed by atoms with Crippen LogP contribution in [0.15, 0.2) is 53.6 Å². The van der Waals surface area contributed by atoms with E-state index in [1.807, 2.05) is 12.1 Å². The second-order valence-corrected chi connectivity index (χ2v) is 9.55. The molecule has 0 bridgehead atoms. The summed E-state index contributed by atoms with van der Waals surface area (Å²) in [7, 11) is -3.24. The molecule has 3 aromatic rings. The average molecular weight is 369 g/mol. The fourth-order valence-electron chi connectivity index (χ4n) is 2.61. The molecule has 6 heteroatoms. The van der Waals surface area contributed by atoms with Crippen LogP contribution in [-0.4, -0.2) is 24.1 Å². The number of aromatic nitrogens is 2. The van der Waals surface area contributed by atoms with Crippen molar-refractivity contribution in [1.82, 2.24) is 9.97 Å². The first-order valence-corrected chi connectivity index (χ1v) is 10.2. The number of anilines is 2. The van der Waals surface area contributed by atoms with Crippen LogP contribution in [0.4, 0.5) is 11.6 Å². The van der Waals surface area contributed by atoms with Gasteiger partial charge in [0.05, 0.1) is 16.2 Å². The summed E-state index contributed by atoms with van der Waals surface area (Å²) in [6.07, 6.45) is 1.64. The molecule has 0 aliphatic heterocycles. The molecule has 136 valence electrons. The smallest absolute Gasteiger partial charge is 0.227 e. The summed E-state index contributed by atoms with van der Waals surface area (Å²) >= 11 is 0. The lowest BCUT2D eigenvalue weighted by Crippen LogP contribution is -2.10. The molecule has 5 nitrogen and oxygen atoms in total. The highest BCUT2D eigenvalue weighted by molar-refractivity contribution is 7.91. The topological polar surface area (TPSA) is 72.0 Å². The number of nitrogens with one attached hydrogen (secondary N) is 1. The third kappa shape index (κ3) is 3.85. The first-order valence-electron chi connectivity index (χ1n) is 8.56. The molecule has 1 aromatic heterocycles. The molecule has 0 saturated carbocycles. The fraction of sp³-hybridized carbons (Fsp3) is 0.300. The maximum Gasteiger partial charge on any atom is 0.227 e. The molecule has 0 radical (unpaired) electrons. The Morgan fingerprint density at radius 2 is 1.73 bits per heavy atom. The number of benzene rings is 2. The Labute approximate surface area is 154 Å². The first kappa shape index (κ1) is 18.3. The number of hydrogen-bond acceptors (Lipinski definition) is 5. The van der Waals surface area contributed by atoms with Crippen LogP contribution in [0.25, 0.3) is 10.9 Å². The molecule has 0 amide bonds. The van der Waals surface area contributed by atoms with Crippen LogP contribution in [0.2, 0.25) is 0 Å². The molecule has 26 heavy (non-hydrogen) atoms. The van der Waals surface area contributed by atoms with Gasteiger partial charge in [-0.25, -0.2) is 18.4 Å². The quantitative estimate of drug-likeness (QED) is 0.735. The van der Waals surface area contributed by atoms with E-state index >= 15 is 0 Å². The van der Waals surface area contributed by atoms with Gasteiger partial charge in [0.2, 0.25) is 5.95 Å². The van der Waals surface area contributed by atoms with Crippen molar-refractivity contribution in [3.8, 4) is 0 Å². The third-order valence-corrected chi connectivity index (χ3v) is 6.03. The van der Waals surface area contributed by atoms with Crippen LogP contribution in [0, 0.1) is 0 Å². The first-order chi connectivity index (χ1) is 12.2. The van der Waals surface area contributed by atoms with Gasteiger partial charge in [0.25, 0.3) is 0 Å². The Balaban J connectivity index is 1.87. The second-order valence-electron chi connectivity index (χ2n) is 7.27. The van der Waals surface area contributed by atoms with Gasteiger partial charge in [-0.1, -0.05) is 39.8 Å². The lowest BCUT2D eigenvalue weighted by Gasteiger charge is -2.19. The summed E-state index contributed by atoms with van der Waals surface area (Å²) in [6, 6.07) is 13.1. The predicted molar refractivity (Wildman–Crippen MR) is 106 cm³/mol. The molecule has 0 aliphatic carbocycles. The number of nitrogens with zero attached hydrogens (tertiary/aromatic N) is 2. The van der Waals surface area contributed by atoms with Crippen LogP contribution in [0.3, 0.4) is 0 Å². The molecule has 0 spiro atoms. The van der Waals surface area contributed by atoms with Crippen LogP contribution >= 0.6 is 0 Å². The molecule has 0 aliphatic rings. The Kier molecular flexibility index (Phi) is 4.71. The van der Waals surface area contributed by atoms with Crippen molar-refractivity contribution >= 4 is 32.4 Å². The van der Waals surface area contributed by atoms with Crippen LogP contribution in [-0.2, 0) is 15.3 Å². The van der Waals surface area contributed by atoms with E-state index in [4.69, 9.17) is 0 Å². The largest absolute Gasteiger partial charge is 0.324 e. The summed E-state index contributed by atoms with van der Waals surface area (Å²) in [5.41, 5.74) is 2.97. The van der Waals surface area contributed by atoms with Gasteiger partial charge in [0.15, 0.2) is 9.84 Å². The van der Waals surface area contributed by atoms with E-state index in [0.29, 0.717) is 21.7 Å². The summed E-state index contributed by atoms with van der Waals surface area (Å²) in [4.78, 5) is 9.08. The number of fused-ring (bicyclic) bond motifs is 1. The summed E-state index contributed by atoms with van der Waals surface area (Å²) in [5.74, 6) is 0.552. The molecule has 0 saturated heterocycles. The van der Waals surface area contributed by atoms with Crippen molar-refractivity contribution in [3.05, 3.63) is 54.2 Å². The van der Waals surface area contributed by atoms with E-state index in [1.54, 1.807) is 31.3 Å². The predicted octanol–water partition coefficient (Wildman–Crippen LogP) is 4.46. The van der Waals surface area contributed by atoms with E-state index < -0.39 is 9.84 Å². The minimum Gasteiger partial charge on any atom is -0.324 e. The lowest BCUT2D eigenvalue weighted by atomic mass is 9.87. The molecule has 3 rings (SSSR count). The van der Waals surface area contributed by atoms with Crippen LogP contribution in [0.1, 0.15) is 33.3 Å². The average Bonchev–Trinajstić information content (AvgIpc) is 2.61. The van der Waals surface area contributed by atoms with Crippen molar-refractivity contribution in [3.63, 3.8) is 0 Å². The highest BCUT2D eigenvalue weighted by atomic mass is 32.2. The van der Waals surface area contributed by atoms with Crippen molar-refractivity contribution in [2.75, 3.05) is 11.1 Å². The highest BCUT2D eigenvalue weighted by Gasteiger charge is 2.14. The van der Waals surface area contributed by atoms with Gasteiger partial charge < -0.3 is 5.32 Å². The maximum absolute atomic E-state index is 12.0. The van der Waals surface area contributed by atoms with E-state index in [9.17, 15) is 8.42 Å². The van der Waals surface area contributed by atoms with Gasteiger partial charge in [-0.05, 0) is 41.3 Å². The van der Waals surface area contributed by atoms with Crippen molar-refractivity contribution in [2.45, 2.75) is 38.0 Å². The van der Waals surface area contributed by atoms with Gasteiger partial charge in [-0.3, -0.25) is 0 Å². The van der Waals surface area contributed by atoms with E-state index in [1.165, 1.54) is 5.56 Å². The van der Waals surface area contributed by atoms with Crippen molar-refractivity contribution in [2.24, 2.45) is 0 Å². The Morgan fingerprint density at radius 3 is 2.35 bits per heavy atom.